The number of nitrogens with two attached hydrogens (primary N) is 1. The van der Waals surface area contributed by atoms with Gasteiger partial charge in [0, 0.05) is 54.5 Å². The molecule has 7 aliphatic heterocycles. The molecule has 18 atom stereocenters. The number of nitrogens with zero attached hydrogens (tertiary/aromatic N) is 2. The molecule has 0 saturated carbocycles. The normalized spacial score (nSPS) is 25.9. The molecule has 0 aliphatic carbocycles. The fraction of sp³-hybridized carbons (Fsp3) is 0.393. The SMILES string of the molecule is CCOc1ccc(C=CC(=O)Nc2ccn(CCNC3(C)CC(OC4C(Oc5c6cc7cc5Oc5ccc(cc5Cl)C(O)C5NC(=O)C(NC(=O)C7NC(=O)C(CC(N)=O)NC(=O)C(NC(=O)C(CC(C)C)NC)C(O)c7ccc(c(Cl)c7)O6)c6ccc(O)c(c6)-c6c(O)cc(O)cc6C(C(=O)NOC)NC5=O)OC(CO)C(O)C4O)OC(C)C3O)c(=O)n2)cc1. The highest BCUT2D eigenvalue weighted by molar-refractivity contribution is 6.32. The van der Waals surface area contributed by atoms with Crippen LogP contribution in [0.2, 0.25) is 10.0 Å². The molecular weight excluding hydrogens is 1690 g/mol. The average molecular weight is 1790 g/mol. The van der Waals surface area contributed by atoms with Crippen LogP contribution in [0.1, 0.15) is 118 Å². The third kappa shape index (κ3) is 21.2. The summed E-state index contributed by atoms with van der Waals surface area (Å²) in [7, 11) is 2.50. The van der Waals surface area contributed by atoms with Crippen LogP contribution in [0, 0.1) is 5.92 Å². The minimum Gasteiger partial charge on any atom is -0.508 e. The zero-order chi connectivity index (χ0) is 91.0. The Hall–Kier alpha value is -12.1. The summed E-state index contributed by atoms with van der Waals surface area (Å²) in [5.74, 6) is -15.4. The minimum absolute atomic E-state index is 0.0322. The molecule has 1 aromatic heterocycles. The monoisotopic (exact) mass is 1790 g/mol. The van der Waals surface area contributed by atoms with Gasteiger partial charge in [-0.2, -0.15) is 4.98 Å². The second-order valence-electron chi connectivity index (χ2n) is 31.0. The number of anilines is 1. The molecular formula is C84H95Cl2N13O27. The highest BCUT2D eigenvalue weighted by atomic mass is 35.5. The van der Waals surface area contributed by atoms with Gasteiger partial charge in [0.1, 0.15) is 107 Å². The van der Waals surface area contributed by atoms with E-state index in [0.717, 1.165) is 73.8 Å². The average Bonchev–Trinajstić information content (AvgIpc) is 0.765. The topological polar surface area (TPSA) is 591 Å². The Morgan fingerprint density at radius 2 is 1.39 bits per heavy atom. The summed E-state index contributed by atoms with van der Waals surface area (Å²) in [5, 5.41) is 129. The molecule has 18 unspecified atom stereocenters. The van der Waals surface area contributed by atoms with Gasteiger partial charge in [0.25, 0.3) is 5.91 Å². The van der Waals surface area contributed by atoms with Crippen LogP contribution in [0.25, 0.3) is 17.2 Å². The molecule has 40 nitrogen and oxygen atoms in total. The van der Waals surface area contributed by atoms with Gasteiger partial charge in [0.15, 0.2) is 23.9 Å². The summed E-state index contributed by atoms with van der Waals surface area (Å²) in [4.78, 5) is 155. The fourth-order valence-electron chi connectivity index (χ4n) is 15.1. The third-order valence-corrected chi connectivity index (χ3v) is 22.2. The van der Waals surface area contributed by atoms with Crippen molar-refractivity contribution < 1.29 is 127 Å². The zero-order valence-electron chi connectivity index (χ0n) is 68.6. The number of halogens is 2. The number of ether oxygens (including phenoxy) is 7. The van der Waals surface area contributed by atoms with E-state index in [1.165, 1.54) is 49.0 Å². The molecule has 9 amide bonds. The number of aromatic nitrogens is 2. The molecule has 2 fully saturated rings. The molecule has 42 heteroatoms. The number of aliphatic hydroxyl groups is 6. The number of phenols is 3. The Bertz CT molecular complexity index is 5380. The maximum Gasteiger partial charge on any atom is 0.349 e. The number of hydrogen-bond acceptors (Lipinski definition) is 30. The van der Waals surface area contributed by atoms with E-state index < -0.39 is 254 Å². The fourth-order valence-corrected chi connectivity index (χ4v) is 15.6. The lowest BCUT2D eigenvalue weighted by atomic mass is 9.85. The van der Waals surface area contributed by atoms with Crippen LogP contribution in [0.5, 0.6) is 51.7 Å². The van der Waals surface area contributed by atoms with Gasteiger partial charge in [0.2, 0.25) is 59.3 Å². The van der Waals surface area contributed by atoms with Gasteiger partial charge in [-0.05, 0) is 152 Å². The number of carbonyl (C=O) groups excluding carboxylic acids is 9. The van der Waals surface area contributed by atoms with Gasteiger partial charge in [-0.1, -0.05) is 67.4 Å². The second kappa shape index (κ2) is 40.0. The van der Waals surface area contributed by atoms with Crippen molar-refractivity contribution in [3.63, 3.8) is 0 Å². The second-order valence-corrected chi connectivity index (χ2v) is 31.8. The largest absolute Gasteiger partial charge is 0.508 e. The van der Waals surface area contributed by atoms with E-state index in [1.807, 2.05) is 20.8 Å². The molecule has 7 aliphatic rings. The maximum atomic E-state index is 16.3. The Morgan fingerprint density at radius 3 is 2.02 bits per heavy atom. The first-order valence-electron chi connectivity index (χ1n) is 39.8. The van der Waals surface area contributed by atoms with Crippen LogP contribution < -0.4 is 83.7 Å². The number of rotatable bonds is 23. The number of aromatic hydroxyl groups is 3. The molecule has 7 aromatic rings. The number of benzene rings is 6. The van der Waals surface area contributed by atoms with Crippen molar-refractivity contribution in [2.24, 2.45) is 11.7 Å². The summed E-state index contributed by atoms with van der Waals surface area (Å²) in [5.41, 5.74) is 3.75. The van der Waals surface area contributed by atoms with E-state index in [1.54, 1.807) is 37.3 Å². The molecule has 6 aromatic carbocycles. The van der Waals surface area contributed by atoms with E-state index >= 15 is 24.0 Å². The number of carbonyl (C=O) groups is 9. The summed E-state index contributed by atoms with van der Waals surface area (Å²) in [6.07, 6.45) is -15.2. The van der Waals surface area contributed by atoms with Crippen LogP contribution in [-0.2, 0) is 68.7 Å². The molecule has 11 bridgehead atoms. The van der Waals surface area contributed by atoms with E-state index in [-0.39, 0.29) is 60.1 Å². The van der Waals surface area contributed by atoms with Crippen LogP contribution in [0.4, 0.5) is 5.82 Å². The van der Waals surface area contributed by atoms with E-state index in [2.05, 4.69) is 58.3 Å². The number of aliphatic hydroxyl groups excluding tert-OH is 6. The van der Waals surface area contributed by atoms with Crippen molar-refractivity contribution in [2.45, 2.75) is 170 Å². The standard InChI is InChI=1S/C84H95Cl2N13O27/c1-8-120-44-15-9-38(10-16-44)11-20-60(105)91-59-21-23-99(83(118)92-59)24-22-89-84(5)34-61(121-37(4)74(84)110)125-73-71(109)70(108)57(35-100)124-82(73)126-72-55-29-42-30-56(72)123-54-19-14-41(28-48(54)86)69(107)67-80(116)95-65(81(117)98-119-7)46-31-43(101)32-52(103)62(46)45-26-39(12-17-51(45)102)63(77(113)97-67)94-78(114)64(42)93-76(112)50(33-58(87)104)90-79(115)66(96-75(111)49(88-6)25-36(2)3)68(106)40-13-18-53(122-55)47(85)27-40/h9-21,23,26-32,36-37,49-50,57,61,63-71,73-74,82,88-89,100-103,106-110H,8,22,24-25,33-35H2,1-7H3,(H2,87,104)(H,90,115)(H,93,112)(H,94,114)(H,95,116)(H,96,111)(H,97,113)(H,98,117)(H,91,92,105,118). The third-order valence-electron chi connectivity index (χ3n) is 21.6. The van der Waals surface area contributed by atoms with Crippen LogP contribution in [-0.4, -0.2) is 222 Å². The molecule has 14 rings (SSSR count). The predicted octanol–water partition coefficient (Wildman–Crippen LogP) is 1.64. The van der Waals surface area contributed by atoms with Crippen molar-refractivity contribution in [1.29, 1.82) is 0 Å². The zero-order valence-corrected chi connectivity index (χ0v) is 70.1. The smallest absolute Gasteiger partial charge is 0.349 e. The molecule has 8 heterocycles. The lowest BCUT2D eigenvalue weighted by Crippen LogP contribution is -2.65. The van der Waals surface area contributed by atoms with Crippen molar-refractivity contribution in [2.75, 3.05) is 39.2 Å². The van der Waals surface area contributed by atoms with Crippen LogP contribution >= 0.6 is 23.2 Å². The number of amides is 9. The molecule has 2 saturated heterocycles. The van der Waals surface area contributed by atoms with Gasteiger partial charge < -0.3 is 133 Å². The van der Waals surface area contributed by atoms with E-state index in [0.29, 0.717) is 17.9 Å². The number of likely N-dealkylation sites (N-methyl/N-ethyl adjacent to an activating group) is 1. The summed E-state index contributed by atoms with van der Waals surface area (Å²) in [6, 6.07) is 8.01. The predicted molar refractivity (Wildman–Crippen MR) is 444 cm³/mol. The van der Waals surface area contributed by atoms with Crippen LogP contribution in [0.3, 0.4) is 0 Å². The maximum absolute atomic E-state index is 16.3. The van der Waals surface area contributed by atoms with Gasteiger partial charge in [0.05, 0.1) is 55.0 Å². The molecule has 21 N–H and O–H groups in total. The van der Waals surface area contributed by atoms with Gasteiger partial charge in [-0.3, -0.25) is 52.6 Å². The van der Waals surface area contributed by atoms with E-state index in [4.69, 9.17) is 66.9 Å². The lowest BCUT2D eigenvalue weighted by Gasteiger charge is -2.48. The van der Waals surface area contributed by atoms with Gasteiger partial charge in [-0.25, -0.2) is 10.3 Å². The number of primary amides is 1. The Morgan fingerprint density at radius 1 is 0.738 bits per heavy atom. The number of phenolic OH excluding ortho intramolecular Hbond substituents is 3. The number of fused-ring (bicyclic) bond motifs is 15. The lowest BCUT2D eigenvalue weighted by molar-refractivity contribution is -0.334. The summed E-state index contributed by atoms with van der Waals surface area (Å²) in [6.45, 7) is 7.95. The van der Waals surface area contributed by atoms with Crippen LogP contribution in [0.15, 0.2) is 126 Å². The Labute approximate surface area is 728 Å². The number of nitrogens with one attached hydrogen (secondary N) is 10. The van der Waals surface area contributed by atoms with Gasteiger partial charge in [-0.15, -0.1) is 0 Å². The highest BCUT2D eigenvalue weighted by Gasteiger charge is 2.52. The first-order valence-corrected chi connectivity index (χ1v) is 40.5. The van der Waals surface area contributed by atoms with E-state index in [9.17, 15) is 69.9 Å². The first-order chi connectivity index (χ1) is 60.0. The highest BCUT2D eigenvalue weighted by Crippen LogP contribution is 2.50. The molecule has 126 heavy (non-hydrogen) atoms. The Kier molecular flexibility index (Phi) is 29.6. The van der Waals surface area contributed by atoms with Crippen molar-refractivity contribution in [3.05, 3.63) is 175 Å². The Balaban J connectivity index is 0.983. The first kappa shape index (κ1) is 93.0. The quantitative estimate of drug-likeness (QED) is 0.0320. The summed E-state index contributed by atoms with van der Waals surface area (Å²) >= 11 is 14.4. The minimum atomic E-state index is -2.39. The molecule has 672 valence electrons. The van der Waals surface area contributed by atoms with Crippen molar-refractivity contribution in [1.82, 2.24) is 57.6 Å². The number of hydrogen-bond donors (Lipinski definition) is 20. The molecule has 0 spiro atoms. The van der Waals surface area contributed by atoms with Crippen molar-refractivity contribution in [3.8, 4) is 62.9 Å². The molecule has 0 radical (unpaired) electrons. The van der Waals surface area contributed by atoms with Gasteiger partial charge >= 0.3 is 5.69 Å². The number of hydroxylamine groups is 1. The summed E-state index contributed by atoms with van der Waals surface area (Å²) < 4.78 is 46.1. The van der Waals surface area contributed by atoms with Crippen molar-refractivity contribution >= 4 is 88.3 Å².